The van der Waals surface area contributed by atoms with Gasteiger partial charge in [0.25, 0.3) is 0 Å². The second-order valence-electron chi connectivity index (χ2n) is 5.88. The fraction of sp³-hybridized carbons (Fsp3) is 0.600. The smallest absolute Gasteiger partial charge is 0.128 e. The van der Waals surface area contributed by atoms with E-state index in [1.165, 1.54) is 25.3 Å². The summed E-state index contributed by atoms with van der Waals surface area (Å²) < 4.78 is 14.6. The van der Waals surface area contributed by atoms with Crippen LogP contribution in [-0.4, -0.2) is 43.0 Å². The van der Waals surface area contributed by atoms with Crippen molar-refractivity contribution in [2.45, 2.75) is 31.3 Å². The topological polar surface area (TPSA) is 6.48 Å². The van der Waals surface area contributed by atoms with Crippen LogP contribution >= 0.6 is 15.9 Å². The summed E-state index contributed by atoms with van der Waals surface area (Å²) in [5, 5.41) is 0. The maximum absolute atomic E-state index is 13.8. The lowest BCUT2D eigenvalue weighted by Gasteiger charge is -2.49. The minimum absolute atomic E-state index is 0.131. The van der Waals surface area contributed by atoms with Gasteiger partial charge in [-0.25, -0.2) is 4.39 Å². The molecule has 0 aromatic heterocycles. The normalized spacial score (nSPS) is 17.8. The molecule has 0 aliphatic heterocycles. The highest BCUT2D eigenvalue weighted by Gasteiger charge is 2.39. The molecular weight excluding hydrogens is 307 g/mol. The van der Waals surface area contributed by atoms with Crippen LogP contribution in [0.4, 0.5) is 4.39 Å². The van der Waals surface area contributed by atoms with Crippen LogP contribution in [0.25, 0.3) is 0 Å². The van der Waals surface area contributed by atoms with E-state index in [-0.39, 0.29) is 5.82 Å². The van der Waals surface area contributed by atoms with Crippen LogP contribution in [0, 0.1) is 5.82 Å². The average molecular weight is 329 g/mol. The first-order valence-electron chi connectivity index (χ1n) is 6.73. The van der Waals surface area contributed by atoms with Crippen LogP contribution in [0.2, 0.25) is 0 Å². The Morgan fingerprint density at radius 2 is 1.95 bits per heavy atom. The first-order valence-corrected chi connectivity index (χ1v) is 7.52. The summed E-state index contributed by atoms with van der Waals surface area (Å²) in [6, 6.07) is 5.30. The fourth-order valence-corrected chi connectivity index (χ4v) is 3.16. The highest BCUT2D eigenvalue weighted by Crippen LogP contribution is 2.36. The number of benzene rings is 1. The number of nitrogens with zero attached hydrogens (tertiary/aromatic N) is 2. The third-order valence-corrected chi connectivity index (χ3v) is 4.75. The molecule has 19 heavy (non-hydrogen) atoms. The molecule has 1 saturated carbocycles. The van der Waals surface area contributed by atoms with Crippen molar-refractivity contribution in [1.82, 2.24) is 9.80 Å². The van der Waals surface area contributed by atoms with E-state index in [4.69, 9.17) is 0 Å². The maximum Gasteiger partial charge on any atom is 0.128 e. The van der Waals surface area contributed by atoms with E-state index in [2.05, 4.69) is 46.9 Å². The summed E-state index contributed by atoms with van der Waals surface area (Å²) in [5.41, 5.74) is 1.06. The van der Waals surface area contributed by atoms with Gasteiger partial charge in [-0.15, -0.1) is 0 Å². The molecule has 0 heterocycles. The van der Waals surface area contributed by atoms with Gasteiger partial charge in [-0.3, -0.25) is 0 Å². The molecule has 2 rings (SSSR count). The Morgan fingerprint density at radius 1 is 1.26 bits per heavy atom. The molecule has 1 fully saturated rings. The summed E-state index contributed by atoms with van der Waals surface area (Å²) in [7, 11) is 6.37. The Morgan fingerprint density at radius 3 is 2.42 bits per heavy atom. The Labute approximate surface area is 123 Å². The van der Waals surface area contributed by atoms with Crippen LogP contribution in [-0.2, 0) is 6.54 Å². The van der Waals surface area contributed by atoms with E-state index in [1.807, 2.05) is 12.1 Å². The Bertz CT molecular complexity index is 444. The van der Waals surface area contributed by atoms with Crippen LogP contribution in [0.1, 0.15) is 24.8 Å². The molecule has 0 N–H and O–H groups in total. The second-order valence-corrected chi connectivity index (χ2v) is 6.80. The van der Waals surface area contributed by atoms with E-state index >= 15 is 0 Å². The zero-order valence-corrected chi connectivity index (χ0v) is 13.5. The van der Waals surface area contributed by atoms with Crippen molar-refractivity contribution in [3.05, 3.63) is 34.1 Å². The van der Waals surface area contributed by atoms with Gasteiger partial charge in [0, 0.05) is 28.7 Å². The van der Waals surface area contributed by atoms with Crippen molar-refractivity contribution in [2.75, 3.05) is 27.7 Å². The van der Waals surface area contributed by atoms with Crippen molar-refractivity contribution in [3.8, 4) is 0 Å². The van der Waals surface area contributed by atoms with Gasteiger partial charge in [0.15, 0.2) is 0 Å². The lowest BCUT2D eigenvalue weighted by molar-refractivity contribution is 0.0256. The highest BCUT2D eigenvalue weighted by molar-refractivity contribution is 9.10. The van der Waals surface area contributed by atoms with Gasteiger partial charge in [0.05, 0.1) is 0 Å². The summed E-state index contributed by atoms with van der Waals surface area (Å²) in [6.07, 6.45) is 3.79. The van der Waals surface area contributed by atoms with Crippen LogP contribution in [0.3, 0.4) is 0 Å². The molecule has 1 aromatic rings. The third-order valence-electron chi connectivity index (χ3n) is 4.25. The van der Waals surface area contributed by atoms with Crippen LogP contribution in [0.5, 0.6) is 0 Å². The molecule has 1 aliphatic carbocycles. The molecule has 0 saturated heterocycles. The Hall–Kier alpha value is -0.450. The summed E-state index contributed by atoms with van der Waals surface area (Å²) in [6.45, 7) is 1.66. The van der Waals surface area contributed by atoms with Crippen molar-refractivity contribution in [2.24, 2.45) is 0 Å². The van der Waals surface area contributed by atoms with Crippen LogP contribution < -0.4 is 0 Å². The van der Waals surface area contributed by atoms with Crippen molar-refractivity contribution in [3.63, 3.8) is 0 Å². The van der Waals surface area contributed by atoms with E-state index in [0.29, 0.717) is 12.1 Å². The minimum Gasteiger partial charge on any atom is -0.302 e. The first kappa shape index (κ1) is 14.9. The van der Waals surface area contributed by atoms with E-state index in [9.17, 15) is 4.39 Å². The molecule has 4 heteroatoms. The number of likely N-dealkylation sites (N-methyl/N-ethyl adjacent to an activating group) is 2. The summed E-state index contributed by atoms with van der Waals surface area (Å²) in [4.78, 5) is 4.55. The van der Waals surface area contributed by atoms with Crippen molar-refractivity contribution >= 4 is 15.9 Å². The number of halogens is 2. The molecule has 0 radical (unpaired) electrons. The second kappa shape index (κ2) is 5.90. The van der Waals surface area contributed by atoms with Gasteiger partial charge in [-0.05, 0) is 52.5 Å². The monoisotopic (exact) mass is 328 g/mol. The van der Waals surface area contributed by atoms with Crippen molar-refractivity contribution < 1.29 is 4.39 Å². The van der Waals surface area contributed by atoms with E-state index in [1.54, 1.807) is 0 Å². The number of hydrogen-bond donors (Lipinski definition) is 0. The lowest BCUT2D eigenvalue weighted by Crippen LogP contribution is -2.56. The zero-order valence-electron chi connectivity index (χ0n) is 11.9. The van der Waals surface area contributed by atoms with Gasteiger partial charge in [0.1, 0.15) is 5.82 Å². The maximum atomic E-state index is 13.8. The molecule has 1 aliphatic rings. The molecule has 0 amide bonds. The van der Waals surface area contributed by atoms with Gasteiger partial charge in [-0.2, -0.15) is 0 Å². The summed E-state index contributed by atoms with van der Waals surface area (Å²) in [5.74, 6) is -0.131. The molecule has 106 valence electrons. The molecule has 0 spiro atoms. The molecule has 1 aromatic carbocycles. The Balaban J connectivity index is 1.99. The SMILES string of the molecule is CN(Cc1ccc(Br)cc1F)CC1(N(C)C)CCC1. The lowest BCUT2D eigenvalue weighted by atomic mass is 9.75. The minimum atomic E-state index is -0.131. The predicted molar refractivity (Wildman–Crippen MR) is 80.7 cm³/mol. The molecule has 0 unspecified atom stereocenters. The number of rotatable bonds is 5. The highest BCUT2D eigenvalue weighted by atomic mass is 79.9. The average Bonchev–Trinajstić information content (AvgIpc) is 2.27. The number of hydrogen-bond acceptors (Lipinski definition) is 2. The Kier molecular flexibility index (Phi) is 4.64. The van der Waals surface area contributed by atoms with Crippen LogP contribution in [0.15, 0.2) is 22.7 Å². The quantitative estimate of drug-likeness (QED) is 0.816. The fourth-order valence-electron chi connectivity index (χ4n) is 2.83. The van der Waals surface area contributed by atoms with Crippen molar-refractivity contribution in [1.29, 1.82) is 0 Å². The van der Waals surface area contributed by atoms with Gasteiger partial charge < -0.3 is 9.80 Å². The summed E-state index contributed by atoms with van der Waals surface area (Å²) >= 11 is 3.29. The largest absolute Gasteiger partial charge is 0.302 e. The van der Waals surface area contributed by atoms with E-state index < -0.39 is 0 Å². The zero-order chi connectivity index (χ0) is 14.0. The predicted octanol–water partition coefficient (Wildman–Crippen LogP) is 3.50. The molecule has 2 nitrogen and oxygen atoms in total. The first-order chi connectivity index (χ1) is 8.93. The van der Waals surface area contributed by atoms with E-state index in [0.717, 1.165) is 16.6 Å². The van der Waals surface area contributed by atoms with Gasteiger partial charge in [-0.1, -0.05) is 22.0 Å². The standard InChI is InChI=1S/C15H22BrFN2/c1-18(2)15(7-4-8-15)11-19(3)10-12-5-6-13(16)9-14(12)17/h5-6,9H,4,7-8,10-11H2,1-3H3. The molecule has 0 atom stereocenters. The third kappa shape index (κ3) is 3.36. The van der Waals surface area contributed by atoms with Gasteiger partial charge >= 0.3 is 0 Å². The molecule has 0 bridgehead atoms. The van der Waals surface area contributed by atoms with Gasteiger partial charge in [0.2, 0.25) is 0 Å². The molecular formula is C15H22BrFN2.